The van der Waals surface area contributed by atoms with Crippen molar-refractivity contribution in [1.82, 2.24) is 15.6 Å². The van der Waals surface area contributed by atoms with Crippen LogP contribution in [-0.2, 0) is 4.79 Å². The fourth-order valence-corrected chi connectivity index (χ4v) is 1.89. The first-order chi connectivity index (χ1) is 9.80. The second-order valence-electron chi connectivity index (χ2n) is 5.56. The van der Waals surface area contributed by atoms with Crippen LogP contribution < -0.4 is 16.0 Å². The van der Waals surface area contributed by atoms with Crippen LogP contribution in [0.25, 0.3) is 0 Å². The molecule has 0 saturated heterocycles. The number of rotatable bonds is 6. The lowest BCUT2D eigenvalue weighted by Gasteiger charge is -2.22. The monoisotopic (exact) mass is 292 g/mol. The summed E-state index contributed by atoms with van der Waals surface area (Å²) in [5.74, 6) is 0.354. The Kier molecular flexibility index (Phi) is 5.69. The van der Waals surface area contributed by atoms with Crippen LogP contribution >= 0.6 is 0 Å². The van der Waals surface area contributed by atoms with Gasteiger partial charge in [-0.15, -0.1) is 0 Å². The molecular weight excluding hydrogens is 268 g/mol. The van der Waals surface area contributed by atoms with E-state index in [0.29, 0.717) is 11.4 Å². The van der Waals surface area contributed by atoms with E-state index >= 15 is 0 Å². The molecule has 6 heteroatoms. The van der Waals surface area contributed by atoms with Crippen LogP contribution in [0, 0.1) is 12.3 Å². The molecule has 0 bridgehead atoms. The number of nitrogens with zero attached hydrogens (tertiary/aromatic N) is 1. The Morgan fingerprint density at radius 3 is 2.52 bits per heavy atom. The molecule has 1 aromatic rings. The van der Waals surface area contributed by atoms with Crippen LogP contribution in [0.1, 0.15) is 36.8 Å². The average molecular weight is 292 g/mol. The van der Waals surface area contributed by atoms with Crippen LogP contribution in [0.15, 0.2) is 12.1 Å². The number of amides is 2. The number of hydrogen-bond acceptors (Lipinski definition) is 4. The van der Waals surface area contributed by atoms with Crippen molar-refractivity contribution < 1.29 is 9.59 Å². The van der Waals surface area contributed by atoms with Gasteiger partial charge in [0.2, 0.25) is 5.91 Å². The smallest absolute Gasteiger partial charge is 0.251 e. The molecule has 0 aliphatic rings. The summed E-state index contributed by atoms with van der Waals surface area (Å²) in [7, 11) is 1.58. The van der Waals surface area contributed by atoms with E-state index in [2.05, 4.69) is 20.9 Å². The van der Waals surface area contributed by atoms with E-state index in [1.807, 2.05) is 13.8 Å². The number of carbonyl (C=O) groups excluding carboxylic acids is 2. The Morgan fingerprint density at radius 1 is 1.29 bits per heavy atom. The van der Waals surface area contributed by atoms with Crippen molar-refractivity contribution in [2.24, 2.45) is 5.41 Å². The normalized spacial score (nSPS) is 10.9. The lowest BCUT2D eigenvalue weighted by atomic mass is 9.92. The summed E-state index contributed by atoms with van der Waals surface area (Å²) in [6.45, 7) is 8.38. The molecule has 3 N–H and O–H groups in total. The standard InChI is InChI=1S/C15H24N4O2/c1-6-17-12-8-11(7-10(2)19-12)13(20)18-9-15(3,4)14(21)16-5/h7-8H,6,9H2,1-5H3,(H,16,21)(H,17,19)(H,18,20). The molecule has 0 spiro atoms. The molecule has 1 heterocycles. The summed E-state index contributed by atoms with van der Waals surface area (Å²) in [5, 5.41) is 8.48. The van der Waals surface area contributed by atoms with Crippen molar-refractivity contribution in [3.05, 3.63) is 23.4 Å². The highest BCUT2D eigenvalue weighted by Crippen LogP contribution is 2.14. The van der Waals surface area contributed by atoms with E-state index in [-0.39, 0.29) is 18.4 Å². The van der Waals surface area contributed by atoms with E-state index in [1.54, 1.807) is 33.0 Å². The molecule has 0 saturated carbocycles. The zero-order valence-electron chi connectivity index (χ0n) is 13.3. The molecular formula is C15H24N4O2. The van der Waals surface area contributed by atoms with Crippen molar-refractivity contribution in [3.63, 3.8) is 0 Å². The van der Waals surface area contributed by atoms with Crippen LogP contribution in [0.2, 0.25) is 0 Å². The number of pyridine rings is 1. The van der Waals surface area contributed by atoms with E-state index in [9.17, 15) is 9.59 Å². The largest absolute Gasteiger partial charge is 0.370 e. The molecule has 0 fully saturated rings. The second-order valence-corrected chi connectivity index (χ2v) is 5.56. The van der Waals surface area contributed by atoms with E-state index in [4.69, 9.17) is 0 Å². The van der Waals surface area contributed by atoms with Crippen LogP contribution in [0.4, 0.5) is 5.82 Å². The maximum Gasteiger partial charge on any atom is 0.251 e. The molecule has 0 atom stereocenters. The van der Waals surface area contributed by atoms with Gasteiger partial charge in [-0.2, -0.15) is 0 Å². The highest BCUT2D eigenvalue weighted by Gasteiger charge is 2.27. The Bertz CT molecular complexity index is 526. The van der Waals surface area contributed by atoms with Gasteiger partial charge in [-0.1, -0.05) is 0 Å². The highest BCUT2D eigenvalue weighted by molar-refractivity contribution is 5.95. The molecule has 0 aliphatic heterocycles. The molecule has 0 unspecified atom stereocenters. The second kappa shape index (κ2) is 7.06. The Labute approximate surface area is 125 Å². The van der Waals surface area contributed by atoms with Crippen molar-refractivity contribution in [3.8, 4) is 0 Å². The summed E-state index contributed by atoms with van der Waals surface area (Å²) in [4.78, 5) is 28.2. The summed E-state index contributed by atoms with van der Waals surface area (Å²) in [5.41, 5.74) is 0.645. The molecule has 6 nitrogen and oxygen atoms in total. The Balaban J connectivity index is 2.78. The predicted molar refractivity (Wildman–Crippen MR) is 83.3 cm³/mol. The number of hydrogen-bond donors (Lipinski definition) is 3. The Hall–Kier alpha value is -2.11. The fourth-order valence-electron chi connectivity index (χ4n) is 1.89. The number of carbonyl (C=O) groups is 2. The molecule has 0 aliphatic carbocycles. The lowest BCUT2D eigenvalue weighted by Crippen LogP contribution is -2.43. The minimum Gasteiger partial charge on any atom is -0.370 e. The van der Waals surface area contributed by atoms with Crippen molar-refractivity contribution >= 4 is 17.6 Å². The van der Waals surface area contributed by atoms with Crippen LogP contribution in [-0.4, -0.2) is 36.9 Å². The van der Waals surface area contributed by atoms with Gasteiger partial charge >= 0.3 is 0 Å². The third kappa shape index (κ3) is 4.73. The lowest BCUT2D eigenvalue weighted by molar-refractivity contribution is -0.128. The summed E-state index contributed by atoms with van der Waals surface area (Å²) < 4.78 is 0. The first kappa shape index (κ1) is 16.9. The van der Waals surface area contributed by atoms with Gasteiger partial charge in [-0.3, -0.25) is 9.59 Å². The number of nitrogens with one attached hydrogen (secondary N) is 3. The minimum absolute atomic E-state index is 0.109. The predicted octanol–water partition coefficient (Wildman–Crippen LogP) is 1.32. The van der Waals surface area contributed by atoms with Gasteiger partial charge < -0.3 is 16.0 Å². The highest BCUT2D eigenvalue weighted by atomic mass is 16.2. The zero-order chi connectivity index (χ0) is 16.0. The molecule has 1 aromatic heterocycles. The SMILES string of the molecule is CCNc1cc(C(=O)NCC(C)(C)C(=O)NC)cc(C)n1. The topological polar surface area (TPSA) is 83.1 Å². The molecule has 116 valence electrons. The molecule has 0 radical (unpaired) electrons. The van der Waals surface area contributed by atoms with Crippen LogP contribution in [0.5, 0.6) is 0 Å². The maximum atomic E-state index is 12.2. The molecule has 1 rings (SSSR count). The van der Waals surface area contributed by atoms with Gasteiger partial charge in [-0.25, -0.2) is 4.98 Å². The molecule has 0 aromatic carbocycles. The molecule has 21 heavy (non-hydrogen) atoms. The average Bonchev–Trinajstić information content (AvgIpc) is 2.43. The van der Waals surface area contributed by atoms with Gasteiger partial charge in [-0.05, 0) is 39.8 Å². The summed E-state index contributed by atoms with van der Waals surface area (Å²) in [6.07, 6.45) is 0. The quantitative estimate of drug-likeness (QED) is 0.738. The third-order valence-corrected chi connectivity index (χ3v) is 3.11. The van der Waals surface area contributed by atoms with Crippen molar-refractivity contribution in [1.29, 1.82) is 0 Å². The van der Waals surface area contributed by atoms with E-state index in [1.165, 1.54) is 0 Å². The zero-order valence-corrected chi connectivity index (χ0v) is 13.3. The summed E-state index contributed by atoms with van der Waals surface area (Å²) >= 11 is 0. The number of anilines is 1. The van der Waals surface area contributed by atoms with E-state index < -0.39 is 5.41 Å². The number of aromatic nitrogens is 1. The van der Waals surface area contributed by atoms with Gasteiger partial charge in [0.05, 0.1) is 5.41 Å². The van der Waals surface area contributed by atoms with Crippen molar-refractivity contribution in [2.75, 3.05) is 25.5 Å². The maximum absolute atomic E-state index is 12.2. The van der Waals surface area contributed by atoms with Gasteiger partial charge in [0.25, 0.3) is 5.91 Å². The van der Waals surface area contributed by atoms with E-state index in [0.717, 1.165) is 12.2 Å². The van der Waals surface area contributed by atoms with Crippen LogP contribution in [0.3, 0.4) is 0 Å². The van der Waals surface area contributed by atoms with Gasteiger partial charge in [0, 0.05) is 31.4 Å². The fraction of sp³-hybridized carbons (Fsp3) is 0.533. The summed E-state index contributed by atoms with van der Waals surface area (Å²) in [6, 6.07) is 3.43. The first-order valence-corrected chi connectivity index (χ1v) is 7.03. The number of aryl methyl sites for hydroxylation is 1. The van der Waals surface area contributed by atoms with Gasteiger partial charge in [0.1, 0.15) is 5.82 Å². The Morgan fingerprint density at radius 2 is 1.95 bits per heavy atom. The third-order valence-electron chi connectivity index (χ3n) is 3.11. The molecule has 2 amide bonds. The van der Waals surface area contributed by atoms with Gasteiger partial charge in [0.15, 0.2) is 0 Å². The first-order valence-electron chi connectivity index (χ1n) is 7.03. The minimum atomic E-state index is -0.656. The van der Waals surface area contributed by atoms with Crippen molar-refractivity contribution in [2.45, 2.75) is 27.7 Å².